The van der Waals surface area contributed by atoms with Crippen molar-refractivity contribution in [3.8, 4) is 0 Å². The van der Waals surface area contributed by atoms with Crippen LogP contribution in [0, 0.1) is 6.92 Å². The third-order valence-electron chi connectivity index (χ3n) is 2.49. The Morgan fingerprint density at radius 1 is 1.12 bits per heavy atom. The van der Waals surface area contributed by atoms with E-state index in [1.54, 1.807) is 0 Å². The first-order valence-electron chi connectivity index (χ1n) is 5.21. The molecule has 0 spiro atoms. The summed E-state index contributed by atoms with van der Waals surface area (Å²) in [5, 5.41) is 7.75. The first-order valence-corrected chi connectivity index (χ1v) is 5.75. The summed E-state index contributed by atoms with van der Waals surface area (Å²) in [6.45, 7) is 2.10. The van der Waals surface area contributed by atoms with Gasteiger partial charge in [0.1, 0.15) is 5.88 Å². The van der Waals surface area contributed by atoms with Crippen LogP contribution in [0.4, 0.5) is 0 Å². The van der Waals surface area contributed by atoms with Crippen molar-refractivity contribution < 1.29 is 4.42 Å². The summed E-state index contributed by atoms with van der Waals surface area (Å²) in [5.74, 6) is 1.41. The van der Waals surface area contributed by atoms with Crippen molar-refractivity contribution in [2.45, 2.75) is 25.6 Å². The van der Waals surface area contributed by atoms with Crippen molar-refractivity contribution >= 4 is 11.6 Å². The average Bonchev–Trinajstić information content (AvgIpc) is 2.76. The van der Waals surface area contributed by atoms with E-state index in [1.165, 1.54) is 11.1 Å². The fraction of sp³-hybridized carbons (Fsp3) is 0.333. The van der Waals surface area contributed by atoms with Gasteiger partial charge in [0, 0.05) is 6.42 Å². The first-order chi connectivity index (χ1) is 7.79. The van der Waals surface area contributed by atoms with Crippen molar-refractivity contribution in [1.82, 2.24) is 10.2 Å². The number of benzene rings is 1. The molecule has 0 saturated carbocycles. The number of nitrogens with zero attached hydrogens (tertiary/aromatic N) is 2. The molecule has 2 aromatic rings. The predicted octanol–water partition coefficient (Wildman–Crippen LogP) is 2.90. The van der Waals surface area contributed by atoms with E-state index >= 15 is 0 Å². The number of alkyl halides is 1. The molecule has 0 aliphatic rings. The van der Waals surface area contributed by atoms with E-state index in [0.29, 0.717) is 11.8 Å². The Morgan fingerprint density at radius 2 is 1.88 bits per heavy atom. The Bertz CT molecular complexity index is 468. The predicted molar refractivity (Wildman–Crippen MR) is 62.4 cm³/mol. The SMILES string of the molecule is Cc1ccccc1CCc1nnc(CCl)o1. The topological polar surface area (TPSA) is 38.9 Å². The summed E-state index contributed by atoms with van der Waals surface area (Å²) < 4.78 is 5.34. The first kappa shape index (κ1) is 11.1. The summed E-state index contributed by atoms with van der Waals surface area (Å²) in [4.78, 5) is 0. The molecule has 0 atom stereocenters. The number of aryl methyl sites for hydroxylation is 3. The van der Waals surface area contributed by atoms with Crippen molar-refractivity contribution in [1.29, 1.82) is 0 Å². The zero-order chi connectivity index (χ0) is 11.4. The number of rotatable bonds is 4. The molecule has 0 aliphatic carbocycles. The molecular formula is C12H13ClN2O. The van der Waals surface area contributed by atoms with E-state index in [2.05, 4.69) is 29.3 Å². The molecule has 0 radical (unpaired) electrons. The van der Waals surface area contributed by atoms with Gasteiger partial charge in [0.15, 0.2) is 0 Å². The minimum atomic E-state index is 0.275. The molecule has 0 unspecified atom stereocenters. The molecule has 2 rings (SSSR count). The van der Waals surface area contributed by atoms with Crippen molar-refractivity contribution in [3.05, 3.63) is 47.2 Å². The fourth-order valence-corrected chi connectivity index (χ4v) is 1.68. The maximum atomic E-state index is 5.59. The van der Waals surface area contributed by atoms with Crippen LogP contribution < -0.4 is 0 Å². The van der Waals surface area contributed by atoms with E-state index in [4.69, 9.17) is 16.0 Å². The van der Waals surface area contributed by atoms with Gasteiger partial charge in [-0.2, -0.15) is 0 Å². The highest BCUT2D eigenvalue weighted by Gasteiger charge is 2.05. The fourth-order valence-electron chi connectivity index (χ4n) is 1.58. The van der Waals surface area contributed by atoms with Gasteiger partial charge in [-0.05, 0) is 24.5 Å². The summed E-state index contributed by atoms with van der Waals surface area (Å²) in [5.41, 5.74) is 2.60. The smallest absolute Gasteiger partial charge is 0.231 e. The maximum Gasteiger partial charge on any atom is 0.231 e. The van der Waals surface area contributed by atoms with Crippen LogP contribution in [-0.4, -0.2) is 10.2 Å². The summed E-state index contributed by atoms with van der Waals surface area (Å²) in [6, 6.07) is 8.30. The van der Waals surface area contributed by atoms with Crippen LogP contribution in [0.15, 0.2) is 28.7 Å². The Balaban J connectivity index is 1.99. The Morgan fingerprint density at radius 3 is 2.56 bits per heavy atom. The molecule has 0 fully saturated rings. The number of halogens is 1. The van der Waals surface area contributed by atoms with Gasteiger partial charge in [0.05, 0.1) is 0 Å². The second kappa shape index (κ2) is 5.12. The molecule has 1 aromatic carbocycles. The molecule has 0 bridgehead atoms. The van der Waals surface area contributed by atoms with Crippen LogP contribution >= 0.6 is 11.6 Å². The Hall–Kier alpha value is -1.35. The third kappa shape index (κ3) is 2.61. The van der Waals surface area contributed by atoms with Gasteiger partial charge in [-0.25, -0.2) is 0 Å². The van der Waals surface area contributed by atoms with Gasteiger partial charge in [-0.1, -0.05) is 24.3 Å². The van der Waals surface area contributed by atoms with Crippen molar-refractivity contribution in [2.75, 3.05) is 0 Å². The van der Waals surface area contributed by atoms with Crippen molar-refractivity contribution in [2.24, 2.45) is 0 Å². The van der Waals surface area contributed by atoms with Crippen LogP contribution in [0.3, 0.4) is 0 Å². The van der Waals surface area contributed by atoms with Crippen LogP contribution in [0.2, 0.25) is 0 Å². The lowest BCUT2D eigenvalue weighted by Gasteiger charge is -2.02. The molecular weight excluding hydrogens is 224 g/mol. The van der Waals surface area contributed by atoms with Gasteiger partial charge in [0.2, 0.25) is 11.8 Å². The zero-order valence-corrected chi connectivity index (χ0v) is 9.87. The van der Waals surface area contributed by atoms with Gasteiger partial charge >= 0.3 is 0 Å². The van der Waals surface area contributed by atoms with E-state index < -0.39 is 0 Å². The molecule has 0 N–H and O–H groups in total. The Labute approximate surface area is 99.5 Å². The molecule has 3 nitrogen and oxygen atoms in total. The lowest BCUT2D eigenvalue weighted by atomic mass is 10.0. The van der Waals surface area contributed by atoms with Crippen LogP contribution in [-0.2, 0) is 18.7 Å². The second-order valence-corrected chi connectivity index (χ2v) is 3.92. The molecule has 84 valence electrons. The molecule has 0 aliphatic heterocycles. The van der Waals surface area contributed by atoms with E-state index in [1.807, 2.05) is 12.1 Å². The quantitative estimate of drug-likeness (QED) is 0.767. The van der Waals surface area contributed by atoms with Crippen LogP contribution in [0.1, 0.15) is 22.9 Å². The summed E-state index contributed by atoms with van der Waals surface area (Å²) in [7, 11) is 0. The standard InChI is InChI=1S/C12H13ClN2O/c1-9-4-2-3-5-10(9)6-7-11-14-15-12(8-13)16-11/h2-5H,6-8H2,1H3. The average molecular weight is 237 g/mol. The van der Waals surface area contributed by atoms with Crippen LogP contribution in [0.5, 0.6) is 0 Å². The number of aromatic nitrogens is 2. The lowest BCUT2D eigenvalue weighted by molar-refractivity contribution is 0.463. The van der Waals surface area contributed by atoms with E-state index in [9.17, 15) is 0 Å². The lowest BCUT2D eigenvalue weighted by Crippen LogP contribution is -1.94. The zero-order valence-electron chi connectivity index (χ0n) is 9.11. The van der Waals surface area contributed by atoms with Gasteiger partial charge in [-0.15, -0.1) is 21.8 Å². The molecule has 0 amide bonds. The molecule has 4 heteroatoms. The molecule has 1 heterocycles. The number of hydrogen-bond acceptors (Lipinski definition) is 3. The van der Waals surface area contributed by atoms with E-state index in [-0.39, 0.29) is 5.88 Å². The second-order valence-electron chi connectivity index (χ2n) is 3.65. The highest BCUT2D eigenvalue weighted by molar-refractivity contribution is 6.16. The largest absolute Gasteiger partial charge is 0.424 e. The Kier molecular flexibility index (Phi) is 3.57. The highest BCUT2D eigenvalue weighted by atomic mass is 35.5. The highest BCUT2D eigenvalue weighted by Crippen LogP contribution is 2.11. The maximum absolute atomic E-state index is 5.59. The summed E-state index contributed by atoms with van der Waals surface area (Å²) >= 11 is 5.59. The van der Waals surface area contributed by atoms with Crippen LogP contribution in [0.25, 0.3) is 0 Å². The normalized spacial score (nSPS) is 10.6. The van der Waals surface area contributed by atoms with Gasteiger partial charge in [-0.3, -0.25) is 0 Å². The number of hydrogen-bond donors (Lipinski definition) is 0. The minimum Gasteiger partial charge on any atom is -0.424 e. The molecule has 16 heavy (non-hydrogen) atoms. The summed E-state index contributed by atoms with van der Waals surface area (Å²) in [6.07, 6.45) is 1.67. The van der Waals surface area contributed by atoms with E-state index in [0.717, 1.165) is 12.8 Å². The monoisotopic (exact) mass is 236 g/mol. The van der Waals surface area contributed by atoms with Gasteiger partial charge < -0.3 is 4.42 Å². The third-order valence-corrected chi connectivity index (χ3v) is 2.72. The minimum absolute atomic E-state index is 0.275. The molecule has 0 saturated heterocycles. The molecule has 1 aromatic heterocycles. The van der Waals surface area contributed by atoms with Crippen molar-refractivity contribution in [3.63, 3.8) is 0 Å². The van der Waals surface area contributed by atoms with Gasteiger partial charge in [0.25, 0.3) is 0 Å².